The molecule has 1 aliphatic carbocycles. The first-order valence-corrected chi connectivity index (χ1v) is 8.53. The van der Waals surface area contributed by atoms with Crippen molar-refractivity contribution in [3.63, 3.8) is 0 Å². The fraction of sp³-hybridized carbons (Fsp3) is 0.611. The second-order valence-corrected chi connectivity index (χ2v) is 7.12. The third kappa shape index (κ3) is 3.44. The maximum atomic E-state index is 12.7. The van der Waals surface area contributed by atoms with Crippen LogP contribution in [0.4, 0.5) is 0 Å². The van der Waals surface area contributed by atoms with E-state index in [9.17, 15) is 4.79 Å². The van der Waals surface area contributed by atoms with Crippen molar-refractivity contribution in [2.75, 3.05) is 20.6 Å². The summed E-state index contributed by atoms with van der Waals surface area (Å²) < 4.78 is 1.93. The zero-order valence-electron chi connectivity index (χ0n) is 14.5. The van der Waals surface area contributed by atoms with Gasteiger partial charge >= 0.3 is 0 Å². The van der Waals surface area contributed by atoms with Crippen LogP contribution in [-0.4, -0.2) is 46.1 Å². The predicted molar refractivity (Wildman–Crippen MR) is 92.0 cm³/mol. The number of ketones is 1. The molecule has 1 aliphatic rings. The maximum absolute atomic E-state index is 12.7. The summed E-state index contributed by atoms with van der Waals surface area (Å²) in [5, 5.41) is 5.36. The van der Waals surface area contributed by atoms with Crippen LogP contribution in [0.3, 0.4) is 0 Å². The van der Waals surface area contributed by atoms with Crippen molar-refractivity contribution in [3.8, 4) is 0 Å². The lowest BCUT2D eigenvalue weighted by molar-refractivity contribution is 0.0978. The number of nitrogens with zero attached hydrogens (tertiary/aromatic N) is 4. The first-order chi connectivity index (χ1) is 11.0. The number of carbonyl (C=O) groups excluding carboxylic acids is 1. The van der Waals surface area contributed by atoms with Gasteiger partial charge in [0, 0.05) is 35.0 Å². The van der Waals surface area contributed by atoms with E-state index in [1.807, 2.05) is 24.8 Å². The molecular weight excluding hydrogens is 288 g/mol. The third-order valence-electron chi connectivity index (χ3n) is 4.38. The molecule has 0 saturated heterocycles. The van der Waals surface area contributed by atoms with Crippen LogP contribution in [0.15, 0.2) is 12.3 Å². The van der Waals surface area contributed by atoms with Gasteiger partial charge in [-0.2, -0.15) is 5.10 Å². The Balaban J connectivity index is 1.96. The average Bonchev–Trinajstić information content (AvgIpc) is 3.24. The van der Waals surface area contributed by atoms with Crippen molar-refractivity contribution in [2.24, 2.45) is 0 Å². The lowest BCUT2D eigenvalue weighted by atomic mass is 10.0. The second kappa shape index (κ2) is 6.40. The molecule has 1 fully saturated rings. The minimum atomic E-state index is 0.212. The first-order valence-electron chi connectivity index (χ1n) is 8.53. The molecule has 124 valence electrons. The van der Waals surface area contributed by atoms with Crippen molar-refractivity contribution in [1.82, 2.24) is 19.7 Å². The molecule has 0 aromatic carbocycles. The van der Waals surface area contributed by atoms with Crippen LogP contribution in [0.1, 0.15) is 67.5 Å². The van der Waals surface area contributed by atoms with Gasteiger partial charge in [-0.25, -0.2) is 9.67 Å². The summed E-state index contributed by atoms with van der Waals surface area (Å²) in [5.41, 5.74) is 2.73. The van der Waals surface area contributed by atoms with E-state index in [-0.39, 0.29) is 11.8 Å². The maximum Gasteiger partial charge on any atom is 0.163 e. The van der Waals surface area contributed by atoms with E-state index in [2.05, 4.69) is 23.8 Å². The molecule has 5 heteroatoms. The molecule has 0 unspecified atom stereocenters. The Bertz CT molecular complexity index is 713. The van der Waals surface area contributed by atoms with Gasteiger partial charge in [-0.3, -0.25) is 4.79 Å². The van der Waals surface area contributed by atoms with Gasteiger partial charge < -0.3 is 4.90 Å². The molecule has 0 aliphatic heterocycles. The van der Waals surface area contributed by atoms with E-state index in [4.69, 9.17) is 4.98 Å². The van der Waals surface area contributed by atoms with Gasteiger partial charge in [-0.1, -0.05) is 0 Å². The van der Waals surface area contributed by atoms with E-state index >= 15 is 0 Å². The number of hydrogen-bond donors (Lipinski definition) is 0. The molecule has 0 radical (unpaired) electrons. The summed E-state index contributed by atoms with van der Waals surface area (Å²) in [4.78, 5) is 19.7. The van der Waals surface area contributed by atoms with E-state index < -0.39 is 0 Å². The number of carbonyl (C=O) groups is 1. The number of fused-ring (bicyclic) bond motifs is 1. The molecular formula is C18H26N4O. The van der Waals surface area contributed by atoms with Crippen LogP contribution in [-0.2, 0) is 0 Å². The summed E-state index contributed by atoms with van der Waals surface area (Å²) >= 11 is 0. The van der Waals surface area contributed by atoms with Gasteiger partial charge in [0.1, 0.15) is 0 Å². The van der Waals surface area contributed by atoms with Crippen LogP contribution < -0.4 is 0 Å². The van der Waals surface area contributed by atoms with Crippen molar-refractivity contribution < 1.29 is 4.79 Å². The van der Waals surface area contributed by atoms with E-state index in [1.165, 1.54) is 12.8 Å². The highest BCUT2D eigenvalue weighted by Crippen LogP contribution is 2.40. The number of Topliss-reactive ketones (excluding diaryl/α,β-unsaturated/α-hetero) is 1. The number of hydrogen-bond acceptors (Lipinski definition) is 4. The second-order valence-electron chi connectivity index (χ2n) is 7.12. The average molecular weight is 314 g/mol. The normalized spacial score (nSPS) is 15.0. The number of pyridine rings is 1. The Hall–Kier alpha value is -1.75. The van der Waals surface area contributed by atoms with Crippen LogP contribution in [0.5, 0.6) is 0 Å². The Morgan fingerprint density at radius 2 is 2.13 bits per heavy atom. The van der Waals surface area contributed by atoms with E-state index in [1.54, 1.807) is 6.20 Å². The zero-order valence-corrected chi connectivity index (χ0v) is 14.5. The molecule has 23 heavy (non-hydrogen) atoms. The molecule has 5 nitrogen and oxygen atoms in total. The molecule has 0 spiro atoms. The monoisotopic (exact) mass is 314 g/mol. The fourth-order valence-corrected chi connectivity index (χ4v) is 2.92. The van der Waals surface area contributed by atoms with Crippen molar-refractivity contribution in [1.29, 1.82) is 0 Å². The summed E-state index contributed by atoms with van der Waals surface area (Å²) in [6.45, 7) is 5.12. The van der Waals surface area contributed by atoms with Gasteiger partial charge in [0.25, 0.3) is 0 Å². The van der Waals surface area contributed by atoms with Crippen LogP contribution in [0, 0.1) is 0 Å². The van der Waals surface area contributed by atoms with Crippen LogP contribution in [0.2, 0.25) is 0 Å². The highest BCUT2D eigenvalue weighted by Gasteiger charge is 2.28. The summed E-state index contributed by atoms with van der Waals surface area (Å²) in [6.07, 6.45) is 5.63. The van der Waals surface area contributed by atoms with Crippen LogP contribution >= 0.6 is 0 Å². The Morgan fingerprint density at radius 1 is 1.39 bits per heavy atom. The largest absolute Gasteiger partial charge is 0.309 e. The minimum absolute atomic E-state index is 0.212. The van der Waals surface area contributed by atoms with Crippen molar-refractivity contribution in [3.05, 3.63) is 23.5 Å². The smallest absolute Gasteiger partial charge is 0.163 e. The molecule has 2 aromatic rings. The lowest BCUT2D eigenvalue weighted by Gasteiger charge is -2.11. The molecule has 3 rings (SSSR count). The van der Waals surface area contributed by atoms with Crippen molar-refractivity contribution >= 4 is 16.8 Å². The lowest BCUT2D eigenvalue weighted by Crippen LogP contribution is -2.14. The molecule has 2 aromatic heterocycles. The van der Waals surface area contributed by atoms with Crippen LogP contribution in [0.25, 0.3) is 11.0 Å². The number of aromatic nitrogens is 3. The Labute approximate surface area is 137 Å². The fourth-order valence-electron chi connectivity index (χ4n) is 2.92. The van der Waals surface area contributed by atoms with Crippen molar-refractivity contribution in [2.45, 2.75) is 51.5 Å². The standard InChI is InChI=1S/C18H26N4O/c1-12(2)22-18-15(11-19-22)14(10-16(20-18)13-7-8-13)17(23)6-5-9-21(3)4/h10-13H,5-9H2,1-4H3. The topological polar surface area (TPSA) is 51.0 Å². The number of rotatable bonds is 7. The van der Waals surface area contributed by atoms with Gasteiger partial charge in [-0.15, -0.1) is 0 Å². The molecule has 0 amide bonds. The predicted octanol–water partition coefficient (Wildman–Crippen LogP) is 3.41. The Morgan fingerprint density at radius 3 is 2.74 bits per heavy atom. The van der Waals surface area contributed by atoms with E-state index in [0.717, 1.165) is 35.3 Å². The molecule has 0 N–H and O–H groups in total. The SMILES string of the molecule is CC(C)n1ncc2c(C(=O)CCCN(C)C)cc(C3CC3)nc21. The van der Waals surface area contributed by atoms with E-state index in [0.29, 0.717) is 12.3 Å². The first kappa shape index (κ1) is 16.1. The quantitative estimate of drug-likeness (QED) is 0.735. The molecule has 0 atom stereocenters. The third-order valence-corrected chi connectivity index (χ3v) is 4.38. The summed E-state index contributed by atoms with van der Waals surface area (Å²) in [5.74, 6) is 0.743. The Kier molecular flexibility index (Phi) is 4.48. The van der Waals surface area contributed by atoms with Gasteiger partial charge in [-0.05, 0) is 59.8 Å². The van der Waals surface area contributed by atoms with Gasteiger partial charge in [0.05, 0.1) is 6.20 Å². The van der Waals surface area contributed by atoms with Gasteiger partial charge in [0.2, 0.25) is 0 Å². The highest BCUT2D eigenvalue weighted by atomic mass is 16.1. The zero-order chi connectivity index (χ0) is 16.6. The summed E-state index contributed by atoms with van der Waals surface area (Å²) in [7, 11) is 4.07. The van der Waals surface area contributed by atoms with Gasteiger partial charge in [0.15, 0.2) is 11.4 Å². The molecule has 1 saturated carbocycles. The highest BCUT2D eigenvalue weighted by molar-refractivity contribution is 6.06. The molecule has 2 heterocycles. The summed E-state index contributed by atoms with van der Waals surface area (Å²) in [6, 6.07) is 2.26. The molecule has 0 bridgehead atoms. The minimum Gasteiger partial charge on any atom is -0.309 e.